The normalized spacial score (nSPS) is 15.7. The zero-order chi connectivity index (χ0) is 22.1. The number of pyridine rings is 1. The Labute approximate surface area is 190 Å². The summed E-state index contributed by atoms with van der Waals surface area (Å²) in [5.41, 5.74) is 1.53. The number of carbonyl (C=O) groups excluding carboxylic acids is 1. The minimum absolute atomic E-state index is 0.0767. The Kier molecular flexibility index (Phi) is 5.66. The molecule has 2 aromatic carbocycles. The molecule has 3 aromatic rings. The van der Waals surface area contributed by atoms with Gasteiger partial charge in [0, 0.05) is 23.1 Å². The molecule has 1 aromatic heterocycles. The van der Waals surface area contributed by atoms with E-state index >= 15 is 0 Å². The first kappa shape index (κ1) is 20.7. The summed E-state index contributed by atoms with van der Waals surface area (Å²) in [6.07, 6.45) is 3.97. The summed E-state index contributed by atoms with van der Waals surface area (Å²) in [6, 6.07) is 12.4. The van der Waals surface area contributed by atoms with E-state index in [9.17, 15) is 9.59 Å². The lowest BCUT2D eigenvalue weighted by Crippen LogP contribution is -2.42. The maximum absolute atomic E-state index is 13.2. The minimum Gasteiger partial charge on any atom is -0.486 e. The third-order valence-electron chi connectivity index (χ3n) is 6.07. The number of rotatable bonds is 4. The third kappa shape index (κ3) is 4.12. The summed E-state index contributed by atoms with van der Waals surface area (Å²) in [5, 5.41) is 4.22. The first-order chi connectivity index (χ1) is 15.6. The number of fused-ring (bicyclic) bond motifs is 2. The molecular formula is C24H24ClN3O4. The van der Waals surface area contributed by atoms with Crippen LogP contribution in [0.4, 0.5) is 10.5 Å². The predicted octanol–water partition coefficient (Wildman–Crippen LogP) is 4.93. The van der Waals surface area contributed by atoms with Gasteiger partial charge in [0.1, 0.15) is 13.2 Å². The van der Waals surface area contributed by atoms with E-state index in [1.54, 1.807) is 23.1 Å². The molecule has 5 rings (SSSR count). The highest BCUT2D eigenvalue weighted by Crippen LogP contribution is 2.34. The van der Waals surface area contributed by atoms with Crippen molar-refractivity contribution in [2.24, 2.45) is 0 Å². The second-order valence-corrected chi connectivity index (χ2v) is 8.59. The van der Waals surface area contributed by atoms with E-state index in [4.69, 9.17) is 21.1 Å². The number of hydrogen-bond donors (Lipinski definition) is 2. The molecule has 0 atom stereocenters. The molecule has 1 saturated carbocycles. The summed E-state index contributed by atoms with van der Waals surface area (Å²) in [7, 11) is 0. The number of aromatic amines is 1. The molecule has 1 fully saturated rings. The van der Waals surface area contributed by atoms with Gasteiger partial charge in [0.15, 0.2) is 11.5 Å². The number of ether oxygens (including phenoxy) is 2. The number of benzene rings is 2. The maximum atomic E-state index is 13.2. The van der Waals surface area contributed by atoms with Crippen LogP contribution in [0, 0.1) is 0 Å². The molecule has 2 heterocycles. The summed E-state index contributed by atoms with van der Waals surface area (Å²) in [6.45, 7) is 1.19. The Morgan fingerprint density at radius 1 is 1.09 bits per heavy atom. The van der Waals surface area contributed by atoms with Crippen LogP contribution in [0.25, 0.3) is 10.9 Å². The fourth-order valence-electron chi connectivity index (χ4n) is 4.42. The summed E-state index contributed by atoms with van der Waals surface area (Å²) in [4.78, 5) is 30.8. The van der Waals surface area contributed by atoms with E-state index in [1.807, 2.05) is 24.3 Å². The number of urea groups is 1. The van der Waals surface area contributed by atoms with Gasteiger partial charge >= 0.3 is 6.03 Å². The van der Waals surface area contributed by atoms with Gasteiger partial charge in [-0.3, -0.25) is 4.79 Å². The van der Waals surface area contributed by atoms with Crippen LogP contribution in [0.3, 0.4) is 0 Å². The lowest BCUT2D eigenvalue weighted by atomic mass is 10.1. The summed E-state index contributed by atoms with van der Waals surface area (Å²) < 4.78 is 11.3. The Hall–Kier alpha value is -3.19. The molecule has 166 valence electrons. The maximum Gasteiger partial charge on any atom is 0.322 e. The van der Waals surface area contributed by atoms with Crippen LogP contribution < -0.4 is 20.3 Å². The van der Waals surface area contributed by atoms with E-state index in [1.165, 1.54) is 0 Å². The highest BCUT2D eigenvalue weighted by atomic mass is 35.5. The van der Waals surface area contributed by atoms with Gasteiger partial charge in [-0.15, -0.1) is 0 Å². The van der Waals surface area contributed by atoms with Crippen LogP contribution in [-0.2, 0) is 6.54 Å². The van der Waals surface area contributed by atoms with E-state index in [-0.39, 0.29) is 24.2 Å². The van der Waals surface area contributed by atoms with Crippen molar-refractivity contribution in [1.82, 2.24) is 9.88 Å². The average molecular weight is 454 g/mol. The SMILES string of the molecule is O=C(Nc1ccccc1Cl)N(Cc1cc2cc3c(cc2[nH]c1=O)OCCO3)C1CCCC1. The Morgan fingerprint density at radius 2 is 1.81 bits per heavy atom. The monoisotopic (exact) mass is 453 g/mol. The lowest BCUT2D eigenvalue weighted by Gasteiger charge is -2.29. The highest BCUT2D eigenvalue weighted by Gasteiger charge is 2.28. The Morgan fingerprint density at radius 3 is 2.56 bits per heavy atom. The minimum atomic E-state index is -0.258. The smallest absolute Gasteiger partial charge is 0.322 e. The highest BCUT2D eigenvalue weighted by molar-refractivity contribution is 6.33. The van der Waals surface area contributed by atoms with Gasteiger partial charge in [0.2, 0.25) is 0 Å². The Balaban J connectivity index is 1.46. The second kappa shape index (κ2) is 8.74. The van der Waals surface area contributed by atoms with Crippen molar-refractivity contribution in [3.8, 4) is 11.5 Å². The third-order valence-corrected chi connectivity index (χ3v) is 6.40. The first-order valence-electron chi connectivity index (χ1n) is 10.9. The van der Waals surface area contributed by atoms with Crippen LogP contribution >= 0.6 is 11.6 Å². The van der Waals surface area contributed by atoms with Gasteiger partial charge in [-0.25, -0.2) is 4.79 Å². The quantitative estimate of drug-likeness (QED) is 0.586. The number of nitrogens with one attached hydrogen (secondary N) is 2. The molecule has 0 radical (unpaired) electrons. The summed E-state index contributed by atoms with van der Waals surface area (Å²) in [5.74, 6) is 1.28. The predicted molar refractivity (Wildman–Crippen MR) is 124 cm³/mol. The van der Waals surface area contributed by atoms with Crippen molar-refractivity contribution in [3.05, 3.63) is 63.4 Å². The van der Waals surface area contributed by atoms with Crippen molar-refractivity contribution in [1.29, 1.82) is 0 Å². The molecule has 0 bridgehead atoms. The van der Waals surface area contributed by atoms with E-state index in [2.05, 4.69) is 10.3 Å². The molecule has 0 spiro atoms. The van der Waals surface area contributed by atoms with Gasteiger partial charge in [-0.2, -0.15) is 0 Å². The van der Waals surface area contributed by atoms with E-state index in [0.29, 0.717) is 46.5 Å². The van der Waals surface area contributed by atoms with Crippen LogP contribution in [0.2, 0.25) is 5.02 Å². The zero-order valence-corrected chi connectivity index (χ0v) is 18.3. The summed E-state index contributed by atoms with van der Waals surface area (Å²) >= 11 is 6.23. The molecule has 32 heavy (non-hydrogen) atoms. The molecule has 0 saturated heterocycles. The zero-order valence-electron chi connectivity index (χ0n) is 17.5. The topological polar surface area (TPSA) is 83.7 Å². The van der Waals surface area contributed by atoms with Crippen LogP contribution in [-0.4, -0.2) is 35.2 Å². The van der Waals surface area contributed by atoms with Gasteiger partial charge in [0.05, 0.1) is 22.8 Å². The van der Waals surface area contributed by atoms with Gasteiger partial charge in [0.25, 0.3) is 5.56 Å². The Bertz CT molecular complexity index is 1220. The molecule has 7 nitrogen and oxygen atoms in total. The van der Waals surface area contributed by atoms with Crippen molar-refractivity contribution in [3.63, 3.8) is 0 Å². The van der Waals surface area contributed by atoms with Crippen LogP contribution in [0.5, 0.6) is 11.5 Å². The number of H-pyrrole nitrogens is 1. The average Bonchev–Trinajstić information content (AvgIpc) is 3.32. The van der Waals surface area contributed by atoms with Crippen molar-refractivity contribution in [2.45, 2.75) is 38.3 Å². The van der Waals surface area contributed by atoms with Crippen molar-refractivity contribution >= 4 is 34.2 Å². The number of halogens is 1. The van der Waals surface area contributed by atoms with Crippen molar-refractivity contribution in [2.75, 3.05) is 18.5 Å². The fraction of sp³-hybridized carbons (Fsp3) is 0.333. The fourth-order valence-corrected chi connectivity index (χ4v) is 4.60. The second-order valence-electron chi connectivity index (χ2n) is 8.18. The number of amides is 2. The van der Waals surface area contributed by atoms with Crippen LogP contribution in [0.1, 0.15) is 31.2 Å². The number of para-hydroxylation sites is 1. The first-order valence-corrected chi connectivity index (χ1v) is 11.2. The van der Waals surface area contributed by atoms with Gasteiger partial charge in [-0.1, -0.05) is 36.6 Å². The lowest BCUT2D eigenvalue weighted by molar-refractivity contribution is 0.172. The van der Waals surface area contributed by atoms with Crippen LogP contribution in [0.15, 0.2) is 47.3 Å². The number of nitrogens with zero attached hydrogens (tertiary/aromatic N) is 1. The molecule has 2 amide bonds. The molecule has 1 aliphatic heterocycles. The molecule has 8 heteroatoms. The van der Waals surface area contributed by atoms with E-state index < -0.39 is 0 Å². The molecule has 1 aliphatic carbocycles. The number of hydrogen-bond acceptors (Lipinski definition) is 4. The van der Waals surface area contributed by atoms with Gasteiger partial charge in [-0.05, 0) is 37.1 Å². The van der Waals surface area contributed by atoms with Gasteiger partial charge < -0.3 is 24.7 Å². The molecular weight excluding hydrogens is 430 g/mol. The largest absolute Gasteiger partial charge is 0.486 e. The standard InChI is InChI=1S/C24H24ClN3O4/c25-18-7-3-4-8-19(18)27-24(30)28(17-5-1-2-6-17)14-16-11-15-12-21-22(32-10-9-31-21)13-20(15)26-23(16)29/h3-4,7-8,11-13,17H,1-2,5-6,9-10,14H2,(H,26,29)(H,27,30). The molecule has 2 N–H and O–H groups in total. The number of carbonyl (C=O) groups is 1. The van der Waals surface area contributed by atoms with E-state index in [0.717, 1.165) is 31.1 Å². The number of aromatic nitrogens is 1. The number of anilines is 1. The molecule has 0 unspecified atom stereocenters. The molecule has 2 aliphatic rings. The van der Waals surface area contributed by atoms with Crippen molar-refractivity contribution < 1.29 is 14.3 Å².